The van der Waals surface area contributed by atoms with Gasteiger partial charge in [-0.1, -0.05) is 99.7 Å². The Labute approximate surface area is 266 Å². The van der Waals surface area contributed by atoms with Crippen molar-refractivity contribution in [3.05, 3.63) is 126 Å². The second-order valence-electron chi connectivity index (χ2n) is 11.8. The molecule has 234 valence electrons. The van der Waals surface area contributed by atoms with Gasteiger partial charge in [0.2, 0.25) is 0 Å². The average Bonchev–Trinajstić information content (AvgIpc) is 3.48. The summed E-state index contributed by atoms with van der Waals surface area (Å²) >= 11 is 0. The first kappa shape index (κ1) is 34.7. The molecule has 0 aliphatic heterocycles. The van der Waals surface area contributed by atoms with Crippen LogP contribution in [0.3, 0.4) is 0 Å². The fraction of sp³-hybridized carbons (Fsp3) is 0.400. The Bertz CT molecular complexity index is 1410. The molecule has 2 aromatic rings. The lowest BCUT2D eigenvalue weighted by Gasteiger charge is -2.20. The summed E-state index contributed by atoms with van der Waals surface area (Å²) in [6.45, 7) is 23.6. The van der Waals surface area contributed by atoms with Gasteiger partial charge in [-0.15, -0.1) is 0 Å². The zero-order valence-electron chi connectivity index (χ0n) is 27.6. The van der Waals surface area contributed by atoms with E-state index in [0.717, 1.165) is 91.1 Å². The van der Waals surface area contributed by atoms with E-state index in [1.165, 1.54) is 36.0 Å². The Kier molecular flexibility index (Phi) is 14.8. The Morgan fingerprint density at radius 1 is 1.02 bits per heavy atom. The lowest BCUT2D eigenvalue weighted by atomic mass is 9.86. The minimum atomic E-state index is 0.587. The summed E-state index contributed by atoms with van der Waals surface area (Å²) in [4.78, 5) is 4.68. The molecule has 4 nitrogen and oxygen atoms in total. The van der Waals surface area contributed by atoms with Crippen LogP contribution in [0, 0.1) is 12.8 Å². The third kappa shape index (κ3) is 10.7. The van der Waals surface area contributed by atoms with Gasteiger partial charge in [0, 0.05) is 30.7 Å². The monoisotopic (exact) mass is 591 g/mol. The lowest BCUT2D eigenvalue weighted by molar-refractivity contribution is 0.132. The highest BCUT2D eigenvalue weighted by molar-refractivity contribution is 5.84. The molecule has 3 rings (SSSR count). The SMILES string of the molecule is C=C(CCCC(CCC)C(=C)CCCOCCC)CC(/C=C\C)=C1\C=C\C=C(c2c[nH]nc2-c2cccc(C)n2)\C=C/C1=C. The summed E-state index contributed by atoms with van der Waals surface area (Å²) in [5, 5.41) is 7.54. The normalized spacial score (nSPS) is 17.9. The van der Waals surface area contributed by atoms with Crippen LogP contribution >= 0.6 is 0 Å². The Hall–Kier alpha value is -3.76. The topological polar surface area (TPSA) is 50.8 Å². The first-order valence-corrected chi connectivity index (χ1v) is 16.4. The molecular weight excluding hydrogens is 538 g/mol. The van der Waals surface area contributed by atoms with E-state index in [1.807, 2.05) is 31.3 Å². The molecule has 44 heavy (non-hydrogen) atoms. The Morgan fingerprint density at radius 2 is 1.86 bits per heavy atom. The Balaban J connectivity index is 1.67. The molecule has 0 radical (unpaired) electrons. The summed E-state index contributed by atoms with van der Waals surface area (Å²) in [6.07, 6.45) is 26.7. The van der Waals surface area contributed by atoms with Gasteiger partial charge in [0.1, 0.15) is 5.69 Å². The third-order valence-corrected chi connectivity index (χ3v) is 8.02. The minimum Gasteiger partial charge on any atom is -0.381 e. The molecule has 0 amide bonds. The van der Waals surface area contributed by atoms with Crippen LogP contribution in [0.15, 0.2) is 115 Å². The number of allylic oxidation sites excluding steroid dienone is 13. The average molecular weight is 592 g/mol. The van der Waals surface area contributed by atoms with E-state index in [4.69, 9.17) is 4.74 Å². The van der Waals surface area contributed by atoms with Crippen molar-refractivity contribution in [1.82, 2.24) is 15.2 Å². The van der Waals surface area contributed by atoms with Gasteiger partial charge in [-0.2, -0.15) is 5.10 Å². The zero-order chi connectivity index (χ0) is 31.7. The number of nitrogens with one attached hydrogen (secondary N) is 1. The number of aromatic amines is 1. The van der Waals surface area contributed by atoms with Crippen LogP contribution in [0.1, 0.15) is 89.8 Å². The van der Waals surface area contributed by atoms with Crippen molar-refractivity contribution in [2.75, 3.05) is 13.2 Å². The molecule has 0 saturated heterocycles. The van der Waals surface area contributed by atoms with E-state index in [-0.39, 0.29) is 0 Å². The number of aromatic nitrogens is 3. The number of ether oxygens (including phenoxy) is 1. The molecular formula is C40H53N3O. The highest BCUT2D eigenvalue weighted by Crippen LogP contribution is 2.32. The van der Waals surface area contributed by atoms with Crippen LogP contribution < -0.4 is 0 Å². The Morgan fingerprint density at radius 3 is 2.61 bits per heavy atom. The van der Waals surface area contributed by atoms with Gasteiger partial charge in [-0.05, 0) is 106 Å². The molecule has 0 bridgehead atoms. The smallest absolute Gasteiger partial charge is 0.118 e. The number of nitrogens with zero attached hydrogens (tertiary/aromatic N) is 2. The van der Waals surface area contributed by atoms with Gasteiger partial charge in [0.15, 0.2) is 0 Å². The van der Waals surface area contributed by atoms with Crippen molar-refractivity contribution < 1.29 is 4.74 Å². The molecule has 2 aromatic heterocycles. The number of hydrogen-bond donors (Lipinski definition) is 1. The summed E-state index contributed by atoms with van der Waals surface area (Å²) in [6, 6.07) is 6.01. The van der Waals surface area contributed by atoms with Crippen LogP contribution in [-0.4, -0.2) is 28.4 Å². The molecule has 1 aliphatic carbocycles. The zero-order valence-corrected chi connectivity index (χ0v) is 27.6. The van der Waals surface area contributed by atoms with Crippen molar-refractivity contribution in [3.8, 4) is 11.4 Å². The van der Waals surface area contributed by atoms with Crippen molar-refractivity contribution in [3.63, 3.8) is 0 Å². The summed E-state index contributed by atoms with van der Waals surface area (Å²) in [7, 11) is 0. The van der Waals surface area contributed by atoms with Gasteiger partial charge in [0.05, 0.1) is 5.69 Å². The summed E-state index contributed by atoms with van der Waals surface area (Å²) < 4.78 is 5.67. The fourth-order valence-electron chi connectivity index (χ4n) is 5.72. The number of H-pyrrole nitrogens is 1. The number of pyridine rings is 1. The number of hydrogen-bond acceptors (Lipinski definition) is 3. The molecule has 2 heterocycles. The van der Waals surface area contributed by atoms with E-state index in [1.54, 1.807) is 0 Å². The van der Waals surface area contributed by atoms with Crippen LogP contribution in [0.2, 0.25) is 0 Å². The second-order valence-corrected chi connectivity index (χ2v) is 11.8. The largest absolute Gasteiger partial charge is 0.381 e. The van der Waals surface area contributed by atoms with Crippen LogP contribution in [0.5, 0.6) is 0 Å². The second kappa shape index (κ2) is 18.8. The van der Waals surface area contributed by atoms with Gasteiger partial charge >= 0.3 is 0 Å². The molecule has 1 atom stereocenters. The fourth-order valence-corrected chi connectivity index (χ4v) is 5.72. The quantitative estimate of drug-likeness (QED) is 0.139. The number of rotatable bonds is 18. The van der Waals surface area contributed by atoms with Crippen LogP contribution in [0.4, 0.5) is 0 Å². The predicted molar refractivity (Wildman–Crippen MR) is 189 cm³/mol. The molecule has 1 unspecified atom stereocenters. The van der Waals surface area contributed by atoms with Crippen molar-refractivity contribution in [2.24, 2.45) is 5.92 Å². The van der Waals surface area contributed by atoms with E-state index in [0.29, 0.717) is 5.92 Å². The van der Waals surface area contributed by atoms with Gasteiger partial charge in [-0.3, -0.25) is 10.1 Å². The van der Waals surface area contributed by atoms with Crippen LogP contribution in [0.25, 0.3) is 17.0 Å². The standard InChI is InChI=1S/C40H53N3O/c1-8-15-34(31(5)18-14-27-44-26-10-3)20-11-17-30(4)28-36(16-9-2)37-22-13-21-35(25-24-32(37)6)38-29-41-43-40(38)39-23-12-19-33(7)42-39/h9,12-13,16,19,21-25,29,34H,4-6,8,10-11,14-15,17-18,20,26-28H2,1-3,7H3,(H,41,43)/b16-9-,22-13+,25-24-,35-21-,37-36+. The molecule has 0 aromatic carbocycles. The van der Waals surface area contributed by atoms with Crippen molar-refractivity contribution in [1.29, 1.82) is 0 Å². The first-order valence-electron chi connectivity index (χ1n) is 16.4. The van der Waals surface area contributed by atoms with Gasteiger partial charge < -0.3 is 4.74 Å². The molecule has 0 fully saturated rings. The number of aryl methyl sites for hydroxylation is 1. The van der Waals surface area contributed by atoms with E-state index in [2.05, 4.69) is 98.2 Å². The minimum absolute atomic E-state index is 0.587. The maximum atomic E-state index is 5.67. The highest BCUT2D eigenvalue weighted by Gasteiger charge is 2.15. The molecule has 4 heteroatoms. The maximum absolute atomic E-state index is 5.67. The molecule has 0 saturated carbocycles. The van der Waals surface area contributed by atoms with Crippen molar-refractivity contribution >= 4 is 5.57 Å². The van der Waals surface area contributed by atoms with Gasteiger partial charge in [-0.25, -0.2) is 0 Å². The van der Waals surface area contributed by atoms with E-state index in [9.17, 15) is 0 Å². The highest BCUT2D eigenvalue weighted by atomic mass is 16.5. The molecule has 0 spiro atoms. The maximum Gasteiger partial charge on any atom is 0.118 e. The molecule has 1 aliphatic rings. The summed E-state index contributed by atoms with van der Waals surface area (Å²) in [5.41, 5.74) is 10.8. The lowest BCUT2D eigenvalue weighted by Crippen LogP contribution is -2.06. The first-order chi connectivity index (χ1) is 21.4. The molecule has 1 N–H and O–H groups in total. The van der Waals surface area contributed by atoms with Crippen molar-refractivity contribution in [2.45, 2.75) is 85.5 Å². The van der Waals surface area contributed by atoms with Crippen LogP contribution in [-0.2, 0) is 4.74 Å². The third-order valence-electron chi connectivity index (χ3n) is 8.02. The van der Waals surface area contributed by atoms with Gasteiger partial charge in [0.25, 0.3) is 0 Å². The van der Waals surface area contributed by atoms with E-state index < -0.39 is 0 Å². The van der Waals surface area contributed by atoms with E-state index >= 15 is 0 Å². The summed E-state index contributed by atoms with van der Waals surface area (Å²) in [5.74, 6) is 0.587. The predicted octanol–water partition coefficient (Wildman–Crippen LogP) is 11.0.